The van der Waals surface area contributed by atoms with Crippen LogP contribution in [0.1, 0.15) is 42.9 Å². The highest BCUT2D eigenvalue weighted by Crippen LogP contribution is 2.41. The number of amides is 1. The van der Waals surface area contributed by atoms with Crippen molar-refractivity contribution in [3.63, 3.8) is 0 Å². The fourth-order valence-electron chi connectivity index (χ4n) is 5.04. The van der Waals surface area contributed by atoms with Crippen molar-refractivity contribution in [2.24, 2.45) is 5.92 Å². The number of benzene rings is 2. The van der Waals surface area contributed by atoms with E-state index in [1.165, 1.54) is 4.90 Å². The van der Waals surface area contributed by atoms with Crippen LogP contribution in [0.4, 0.5) is 11.4 Å². The van der Waals surface area contributed by atoms with Crippen LogP contribution in [-0.4, -0.2) is 45.9 Å². The third-order valence-corrected chi connectivity index (χ3v) is 7.05. The molecule has 0 radical (unpaired) electrons. The first-order valence-corrected chi connectivity index (χ1v) is 11.4. The highest BCUT2D eigenvalue weighted by molar-refractivity contribution is 6.31. The number of anilines is 1. The number of nitrogens with zero attached hydrogens (tertiary/aromatic N) is 3. The first-order chi connectivity index (χ1) is 15.8. The van der Waals surface area contributed by atoms with Crippen LogP contribution in [0.15, 0.2) is 42.5 Å². The predicted molar refractivity (Wildman–Crippen MR) is 124 cm³/mol. The van der Waals surface area contributed by atoms with Gasteiger partial charge in [0.2, 0.25) is 5.91 Å². The van der Waals surface area contributed by atoms with E-state index in [2.05, 4.69) is 0 Å². The van der Waals surface area contributed by atoms with E-state index in [4.69, 9.17) is 11.6 Å². The molecule has 0 aromatic heterocycles. The van der Waals surface area contributed by atoms with E-state index in [0.29, 0.717) is 49.5 Å². The summed E-state index contributed by atoms with van der Waals surface area (Å²) in [7, 11) is 0. The minimum atomic E-state index is -1.01. The summed E-state index contributed by atoms with van der Waals surface area (Å²) in [6.07, 6.45) is 1.93. The average Bonchev–Trinajstić information content (AvgIpc) is 3.24. The quantitative estimate of drug-likeness (QED) is 0.505. The summed E-state index contributed by atoms with van der Waals surface area (Å²) in [6.45, 7) is 2.79. The number of likely N-dealkylation sites (tertiary alicyclic amines) is 1. The number of carbonyl (C=O) groups is 2. The Labute approximate surface area is 196 Å². The number of aryl methyl sites for hydroxylation is 1. The van der Waals surface area contributed by atoms with Gasteiger partial charge in [0.15, 0.2) is 0 Å². The molecule has 2 heterocycles. The van der Waals surface area contributed by atoms with Crippen molar-refractivity contribution in [1.82, 2.24) is 4.90 Å². The van der Waals surface area contributed by atoms with Gasteiger partial charge in [-0.05, 0) is 55.9 Å². The van der Waals surface area contributed by atoms with Gasteiger partial charge in [0, 0.05) is 30.1 Å². The Morgan fingerprint density at radius 2 is 1.79 bits per heavy atom. The summed E-state index contributed by atoms with van der Waals surface area (Å²) in [6, 6.07) is 11.1. The Hall–Kier alpha value is -3.13. The summed E-state index contributed by atoms with van der Waals surface area (Å²) in [5.74, 6) is -1.52. The van der Waals surface area contributed by atoms with E-state index >= 15 is 0 Å². The number of rotatable bonds is 5. The molecule has 174 valence electrons. The molecule has 2 atom stereocenters. The standard InChI is InChI=1S/C24H26ClN3O5/c1-15-6-7-20(22(14-15)28(32)33)26-12-10-16(11-13-26)23(29)27-19(8-9-21(27)24(30)31)17-4-2-3-5-18(17)25/h2-7,14,16,19,21H,8-13H2,1H3,(H,30,31)/t19-,21+/m1/s1. The molecule has 0 aliphatic carbocycles. The molecule has 2 aliphatic heterocycles. The van der Waals surface area contributed by atoms with Crippen molar-refractivity contribution < 1.29 is 19.6 Å². The number of carboxylic acid groups (broad SMARTS) is 1. The highest BCUT2D eigenvalue weighted by atomic mass is 35.5. The molecule has 1 amide bonds. The zero-order chi connectivity index (χ0) is 23.7. The second kappa shape index (κ2) is 9.39. The highest BCUT2D eigenvalue weighted by Gasteiger charge is 2.44. The van der Waals surface area contributed by atoms with Crippen molar-refractivity contribution in [2.45, 2.75) is 44.7 Å². The van der Waals surface area contributed by atoms with E-state index in [-0.39, 0.29) is 28.5 Å². The van der Waals surface area contributed by atoms with Crippen LogP contribution in [0.5, 0.6) is 0 Å². The maximum Gasteiger partial charge on any atom is 0.326 e. The largest absolute Gasteiger partial charge is 0.480 e. The van der Waals surface area contributed by atoms with Gasteiger partial charge in [0.25, 0.3) is 5.69 Å². The Balaban J connectivity index is 1.53. The number of carboxylic acids is 1. The van der Waals surface area contributed by atoms with Crippen LogP contribution in [-0.2, 0) is 9.59 Å². The average molecular weight is 472 g/mol. The Morgan fingerprint density at radius 3 is 2.42 bits per heavy atom. The number of carbonyl (C=O) groups excluding carboxylic acids is 1. The fraction of sp³-hybridized carbons (Fsp3) is 0.417. The summed E-state index contributed by atoms with van der Waals surface area (Å²) < 4.78 is 0. The van der Waals surface area contributed by atoms with Crippen LogP contribution < -0.4 is 4.90 Å². The summed E-state index contributed by atoms with van der Waals surface area (Å²) in [5, 5.41) is 21.8. The van der Waals surface area contributed by atoms with Crippen LogP contribution >= 0.6 is 11.6 Å². The Bertz CT molecular complexity index is 1080. The fourth-order valence-corrected chi connectivity index (χ4v) is 5.30. The van der Waals surface area contributed by atoms with Gasteiger partial charge in [0.1, 0.15) is 11.7 Å². The second-order valence-electron chi connectivity index (χ2n) is 8.72. The minimum Gasteiger partial charge on any atom is -0.480 e. The summed E-state index contributed by atoms with van der Waals surface area (Å²) in [4.78, 5) is 40.1. The number of nitro groups is 1. The predicted octanol–water partition coefficient (Wildman–Crippen LogP) is 4.59. The van der Waals surface area contributed by atoms with Crippen LogP contribution in [0.2, 0.25) is 5.02 Å². The normalized spacial score (nSPS) is 21.3. The van der Waals surface area contributed by atoms with Crippen LogP contribution in [0.3, 0.4) is 0 Å². The van der Waals surface area contributed by atoms with Gasteiger partial charge < -0.3 is 14.9 Å². The zero-order valence-electron chi connectivity index (χ0n) is 18.3. The number of aliphatic carboxylic acids is 1. The third-order valence-electron chi connectivity index (χ3n) is 6.70. The van der Waals surface area contributed by atoms with Crippen molar-refractivity contribution in [2.75, 3.05) is 18.0 Å². The SMILES string of the molecule is Cc1ccc(N2CCC(C(=O)N3[C@@H](c4ccccc4Cl)CC[C@H]3C(=O)O)CC2)c([N+](=O)[O-])c1. The maximum absolute atomic E-state index is 13.6. The van der Waals surface area contributed by atoms with Gasteiger partial charge in [0.05, 0.1) is 11.0 Å². The van der Waals surface area contributed by atoms with Crippen molar-refractivity contribution in [3.05, 3.63) is 68.7 Å². The molecule has 2 aromatic rings. The molecule has 0 unspecified atom stereocenters. The van der Waals surface area contributed by atoms with E-state index in [0.717, 1.165) is 11.1 Å². The van der Waals surface area contributed by atoms with Crippen molar-refractivity contribution in [3.8, 4) is 0 Å². The van der Waals surface area contributed by atoms with Gasteiger partial charge in [-0.25, -0.2) is 4.79 Å². The number of hydrogen-bond donors (Lipinski definition) is 1. The molecule has 2 aliphatic rings. The molecule has 0 saturated carbocycles. The van der Waals surface area contributed by atoms with Crippen LogP contribution in [0.25, 0.3) is 0 Å². The molecule has 33 heavy (non-hydrogen) atoms. The van der Waals surface area contributed by atoms with E-state index in [9.17, 15) is 24.8 Å². The third kappa shape index (κ3) is 4.53. The molecule has 2 saturated heterocycles. The molecular formula is C24H26ClN3O5. The van der Waals surface area contributed by atoms with Gasteiger partial charge in [-0.3, -0.25) is 14.9 Å². The molecule has 0 spiro atoms. The maximum atomic E-state index is 13.6. The molecule has 2 aromatic carbocycles. The molecule has 0 bridgehead atoms. The zero-order valence-corrected chi connectivity index (χ0v) is 19.1. The Kier molecular flexibility index (Phi) is 6.56. The number of halogens is 1. The lowest BCUT2D eigenvalue weighted by molar-refractivity contribution is -0.384. The molecule has 9 heteroatoms. The first kappa shape index (κ1) is 23.0. The number of piperidine rings is 1. The smallest absolute Gasteiger partial charge is 0.326 e. The molecule has 2 fully saturated rings. The van der Waals surface area contributed by atoms with E-state index in [1.54, 1.807) is 18.2 Å². The monoisotopic (exact) mass is 471 g/mol. The lowest BCUT2D eigenvalue weighted by atomic mass is 9.93. The van der Waals surface area contributed by atoms with E-state index in [1.807, 2.05) is 36.1 Å². The number of nitro benzene ring substituents is 1. The lowest BCUT2D eigenvalue weighted by Crippen LogP contribution is -2.47. The summed E-state index contributed by atoms with van der Waals surface area (Å²) >= 11 is 6.38. The topological polar surface area (TPSA) is 104 Å². The molecular weight excluding hydrogens is 446 g/mol. The molecule has 8 nitrogen and oxygen atoms in total. The van der Waals surface area contributed by atoms with Gasteiger partial charge >= 0.3 is 5.97 Å². The number of hydrogen-bond acceptors (Lipinski definition) is 5. The first-order valence-electron chi connectivity index (χ1n) is 11.1. The van der Waals surface area contributed by atoms with Crippen molar-refractivity contribution in [1.29, 1.82) is 0 Å². The van der Waals surface area contributed by atoms with Crippen molar-refractivity contribution >= 4 is 34.9 Å². The van der Waals surface area contributed by atoms with Crippen LogP contribution in [0, 0.1) is 23.0 Å². The molecule has 1 N–H and O–H groups in total. The lowest BCUT2D eigenvalue weighted by Gasteiger charge is -2.37. The van der Waals surface area contributed by atoms with Gasteiger partial charge in [-0.1, -0.05) is 35.9 Å². The van der Waals surface area contributed by atoms with E-state index < -0.39 is 12.0 Å². The summed E-state index contributed by atoms with van der Waals surface area (Å²) in [5.41, 5.74) is 2.19. The van der Waals surface area contributed by atoms with Gasteiger partial charge in [-0.2, -0.15) is 0 Å². The Morgan fingerprint density at radius 1 is 1.09 bits per heavy atom. The minimum absolute atomic E-state index is 0.0593. The second-order valence-corrected chi connectivity index (χ2v) is 9.13. The molecule has 4 rings (SSSR count). The van der Waals surface area contributed by atoms with Gasteiger partial charge in [-0.15, -0.1) is 0 Å².